The Hall–Kier alpha value is -0.810. The largest absolute Gasteiger partial charge is 0.437 e. The summed E-state index contributed by atoms with van der Waals surface area (Å²) >= 11 is 0. The summed E-state index contributed by atoms with van der Waals surface area (Å²) in [5.74, 6) is 0. The van der Waals surface area contributed by atoms with E-state index in [9.17, 15) is 9.90 Å². The van der Waals surface area contributed by atoms with E-state index in [1.165, 1.54) is 0 Å². The molecule has 1 spiro atoms. The Kier molecular flexibility index (Phi) is 2.16. The van der Waals surface area contributed by atoms with E-state index in [1.54, 1.807) is 6.92 Å². The number of carbonyl (C=O) groups excluding carboxylic acids is 1. The van der Waals surface area contributed by atoms with Gasteiger partial charge in [-0.1, -0.05) is 6.42 Å². The number of hydrogen-bond acceptors (Lipinski definition) is 4. The molecule has 14 heavy (non-hydrogen) atoms. The van der Waals surface area contributed by atoms with Crippen LogP contribution < -0.4 is 10.9 Å². The summed E-state index contributed by atoms with van der Waals surface area (Å²) in [6.45, 7) is 1.64. The van der Waals surface area contributed by atoms with Crippen LogP contribution in [0.3, 0.4) is 0 Å². The zero-order valence-corrected chi connectivity index (χ0v) is 8.30. The number of carbonyl (C=O) groups is 1. The molecular formula is C9H16N2O3. The zero-order chi connectivity index (χ0) is 10.2. The predicted molar refractivity (Wildman–Crippen MR) is 49.2 cm³/mol. The Labute approximate surface area is 82.8 Å². The molecule has 2 fully saturated rings. The number of hydrogen-bond donors (Lipinski definition) is 3. The molecule has 0 aromatic rings. The lowest BCUT2D eigenvalue weighted by Crippen LogP contribution is -2.72. The van der Waals surface area contributed by atoms with Gasteiger partial charge in [-0.3, -0.25) is 5.43 Å². The molecular weight excluding hydrogens is 184 g/mol. The van der Waals surface area contributed by atoms with Gasteiger partial charge in [0.1, 0.15) is 0 Å². The highest BCUT2D eigenvalue weighted by Crippen LogP contribution is 2.40. The van der Waals surface area contributed by atoms with Gasteiger partial charge < -0.3 is 9.84 Å². The summed E-state index contributed by atoms with van der Waals surface area (Å²) < 4.78 is 5.27. The third-order valence-corrected chi connectivity index (χ3v) is 3.24. The summed E-state index contributed by atoms with van der Waals surface area (Å²) in [7, 11) is 0. The van der Waals surface area contributed by atoms with Gasteiger partial charge in [0.15, 0.2) is 11.3 Å². The minimum Gasteiger partial charge on any atom is -0.437 e. The average Bonchev–Trinajstić information content (AvgIpc) is 2.14. The smallest absolute Gasteiger partial charge is 0.422 e. The van der Waals surface area contributed by atoms with E-state index in [0.717, 1.165) is 32.1 Å². The predicted octanol–water partition coefficient (Wildman–Crippen LogP) is 0.642. The maximum atomic E-state index is 11.1. The lowest BCUT2D eigenvalue weighted by Gasteiger charge is -2.49. The van der Waals surface area contributed by atoms with E-state index >= 15 is 0 Å². The molecule has 1 atom stereocenters. The first-order valence-corrected chi connectivity index (χ1v) is 5.04. The van der Waals surface area contributed by atoms with Crippen molar-refractivity contribution in [3.63, 3.8) is 0 Å². The summed E-state index contributed by atoms with van der Waals surface area (Å²) in [4.78, 5) is 11.1. The molecule has 1 amide bonds. The molecule has 5 heteroatoms. The van der Waals surface area contributed by atoms with E-state index in [4.69, 9.17) is 4.74 Å². The van der Waals surface area contributed by atoms with E-state index in [0.29, 0.717) is 0 Å². The molecule has 2 aliphatic rings. The highest BCUT2D eigenvalue weighted by atomic mass is 16.6. The van der Waals surface area contributed by atoms with Crippen LogP contribution in [0.15, 0.2) is 0 Å². The van der Waals surface area contributed by atoms with Gasteiger partial charge in [0.2, 0.25) is 0 Å². The normalized spacial score (nSPS) is 36.3. The Balaban J connectivity index is 2.22. The van der Waals surface area contributed by atoms with Crippen molar-refractivity contribution in [2.24, 2.45) is 0 Å². The average molecular weight is 200 g/mol. The van der Waals surface area contributed by atoms with Crippen LogP contribution in [-0.2, 0) is 4.74 Å². The van der Waals surface area contributed by atoms with Gasteiger partial charge in [-0.05, 0) is 32.6 Å². The quantitative estimate of drug-likeness (QED) is 0.536. The van der Waals surface area contributed by atoms with Gasteiger partial charge in [0.05, 0.1) is 0 Å². The van der Waals surface area contributed by atoms with Crippen molar-refractivity contribution in [2.75, 3.05) is 0 Å². The Morgan fingerprint density at radius 1 is 1.36 bits per heavy atom. The first-order chi connectivity index (χ1) is 6.56. The van der Waals surface area contributed by atoms with E-state index in [2.05, 4.69) is 10.9 Å². The van der Waals surface area contributed by atoms with Crippen LogP contribution in [0.5, 0.6) is 0 Å². The molecule has 2 rings (SSSR count). The first kappa shape index (κ1) is 9.73. The number of rotatable bonds is 0. The molecule has 1 aliphatic carbocycles. The van der Waals surface area contributed by atoms with Gasteiger partial charge in [-0.15, -0.1) is 0 Å². The van der Waals surface area contributed by atoms with Crippen LogP contribution in [0.4, 0.5) is 4.79 Å². The number of amides is 1. The highest BCUT2D eigenvalue weighted by Gasteiger charge is 2.53. The van der Waals surface area contributed by atoms with Crippen molar-refractivity contribution in [1.82, 2.24) is 10.9 Å². The van der Waals surface area contributed by atoms with Gasteiger partial charge in [-0.25, -0.2) is 4.79 Å². The number of ether oxygens (including phenoxy) is 1. The molecule has 80 valence electrons. The van der Waals surface area contributed by atoms with Crippen LogP contribution in [0, 0.1) is 0 Å². The van der Waals surface area contributed by atoms with Gasteiger partial charge >= 0.3 is 6.09 Å². The van der Waals surface area contributed by atoms with Crippen LogP contribution >= 0.6 is 0 Å². The topological polar surface area (TPSA) is 70.6 Å². The minimum atomic E-state index is -1.18. The maximum absolute atomic E-state index is 11.1. The first-order valence-electron chi connectivity index (χ1n) is 5.04. The zero-order valence-electron chi connectivity index (χ0n) is 8.30. The Bertz CT molecular complexity index is 246. The van der Waals surface area contributed by atoms with Crippen LogP contribution in [0.25, 0.3) is 0 Å². The molecule has 5 nitrogen and oxygen atoms in total. The minimum absolute atomic E-state index is 0.501. The molecule has 1 saturated heterocycles. The molecule has 1 saturated carbocycles. The van der Waals surface area contributed by atoms with Crippen molar-refractivity contribution in [1.29, 1.82) is 0 Å². The molecule has 1 heterocycles. The van der Waals surface area contributed by atoms with Crippen molar-refractivity contribution < 1.29 is 14.6 Å². The summed E-state index contributed by atoms with van der Waals surface area (Å²) in [6.07, 6.45) is 4.07. The second-order valence-electron chi connectivity index (χ2n) is 4.27. The fraction of sp³-hybridized carbons (Fsp3) is 0.889. The van der Waals surface area contributed by atoms with Crippen LogP contribution in [0.1, 0.15) is 39.0 Å². The molecule has 0 aromatic carbocycles. The van der Waals surface area contributed by atoms with Crippen LogP contribution in [0.2, 0.25) is 0 Å². The fourth-order valence-corrected chi connectivity index (χ4v) is 2.30. The van der Waals surface area contributed by atoms with E-state index in [-0.39, 0.29) is 0 Å². The fourth-order valence-electron chi connectivity index (χ4n) is 2.30. The van der Waals surface area contributed by atoms with Crippen molar-refractivity contribution in [2.45, 2.75) is 50.4 Å². The summed E-state index contributed by atoms with van der Waals surface area (Å²) in [6, 6.07) is 0. The van der Waals surface area contributed by atoms with Crippen molar-refractivity contribution in [3.05, 3.63) is 0 Å². The SMILES string of the molecule is C[C@]1(O)NNC(=O)OC12CCCCC2. The second kappa shape index (κ2) is 3.10. The lowest BCUT2D eigenvalue weighted by atomic mass is 9.77. The van der Waals surface area contributed by atoms with Crippen LogP contribution in [-0.4, -0.2) is 22.5 Å². The summed E-state index contributed by atoms with van der Waals surface area (Å²) in [5.41, 5.74) is 2.96. The standard InChI is InChI=1S/C9H16N2O3/c1-8(13)9(5-3-2-4-6-9)14-7(12)10-11-8/h11,13H,2-6H2,1H3,(H,10,12)/t8-/m1/s1. The third-order valence-electron chi connectivity index (χ3n) is 3.24. The number of hydrazine groups is 1. The van der Waals surface area contributed by atoms with E-state index in [1.807, 2.05) is 0 Å². The van der Waals surface area contributed by atoms with Crippen molar-refractivity contribution in [3.8, 4) is 0 Å². The molecule has 0 aromatic heterocycles. The second-order valence-corrected chi connectivity index (χ2v) is 4.27. The monoisotopic (exact) mass is 200 g/mol. The maximum Gasteiger partial charge on any atom is 0.422 e. The highest BCUT2D eigenvalue weighted by molar-refractivity contribution is 5.68. The Morgan fingerprint density at radius 2 is 2.00 bits per heavy atom. The van der Waals surface area contributed by atoms with E-state index < -0.39 is 17.4 Å². The lowest BCUT2D eigenvalue weighted by molar-refractivity contribution is -0.201. The summed E-state index contributed by atoms with van der Waals surface area (Å²) in [5, 5.41) is 10.1. The molecule has 0 radical (unpaired) electrons. The molecule has 0 bridgehead atoms. The molecule has 0 unspecified atom stereocenters. The number of aliphatic hydroxyl groups is 1. The molecule has 1 aliphatic heterocycles. The number of nitrogens with one attached hydrogen (secondary N) is 2. The molecule has 3 N–H and O–H groups in total. The third kappa shape index (κ3) is 1.36. The van der Waals surface area contributed by atoms with Crippen molar-refractivity contribution >= 4 is 6.09 Å². The van der Waals surface area contributed by atoms with Gasteiger partial charge in [0.25, 0.3) is 0 Å². The van der Waals surface area contributed by atoms with Gasteiger partial charge in [0, 0.05) is 0 Å². The van der Waals surface area contributed by atoms with Gasteiger partial charge in [-0.2, -0.15) is 5.43 Å². The Morgan fingerprint density at radius 3 is 2.64 bits per heavy atom.